The molecule has 0 spiro atoms. The van der Waals surface area contributed by atoms with E-state index in [2.05, 4.69) is 11.4 Å². The van der Waals surface area contributed by atoms with Crippen LogP contribution in [0.2, 0.25) is 0 Å². The van der Waals surface area contributed by atoms with Gasteiger partial charge in [0.25, 0.3) is 0 Å². The monoisotopic (exact) mass is 239 g/mol. The van der Waals surface area contributed by atoms with Crippen molar-refractivity contribution in [1.29, 1.82) is 0 Å². The topological polar surface area (TPSA) is 38.3 Å². The number of carbonyl (C=O) groups is 1. The van der Waals surface area contributed by atoms with Crippen molar-refractivity contribution in [2.45, 2.75) is 31.8 Å². The zero-order valence-corrected chi connectivity index (χ0v) is 10.1. The van der Waals surface area contributed by atoms with E-state index in [1.807, 2.05) is 11.4 Å². The van der Waals surface area contributed by atoms with Crippen molar-refractivity contribution < 1.29 is 9.53 Å². The smallest absolute Gasteiger partial charge is 0.220 e. The van der Waals surface area contributed by atoms with Crippen LogP contribution in [0.25, 0.3) is 0 Å². The summed E-state index contributed by atoms with van der Waals surface area (Å²) in [7, 11) is 0. The highest BCUT2D eigenvalue weighted by Gasteiger charge is 2.15. The fourth-order valence-electron chi connectivity index (χ4n) is 1.81. The molecule has 1 aliphatic rings. The summed E-state index contributed by atoms with van der Waals surface area (Å²) < 4.78 is 5.44. The number of rotatable bonds is 5. The number of hydrogen-bond acceptors (Lipinski definition) is 3. The first-order chi connectivity index (χ1) is 7.84. The molecule has 1 saturated heterocycles. The molecule has 3 nitrogen and oxygen atoms in total. The van der Waals surface area contributed by atoms with Gasteiger partial charge in [0.15, 0.2) is 0 Å². The molecule has 2 heterocycles. The fraction of sp³-hybridized carbons (Fsp3) is 0.583. The van der Waals surface area contributed by atoms with Crippen LogP contribution in [0.3, 0.4) is 0 Å². The van der Waals surface area contributed by atoms with Gasteiger partial charge in [-0.2, -0.15) is 0 Å². The van der Waals surface area contributed by atoms with Crippen LogP contribution in [0.4, 0.5) is 0 Å². The normalized spacial score (nSPS) is 19.9. The molecular formula is C12H17NO2S. The molecule has 0 unspecified atom stereocenters. The van der Waals surface area contributed by atoms with Crippen LogP contribution in [0, 0.1) is 0 Å². The lowest BCUT2D eigenvalue weighted by molar-refractivity contribution is -0.121. The van der Waals surface area contributed by atoms with Gasteiger partial charge in [0.05, 0.1) is 6.10 Å². The van der Waals surface area contributed by atoms with Gasteiger partial charge in [0, 0.05) is 24.4 Å². The van der Waals surface area contributed by atoms with Crippen molar-refractivity contribution in [3.05, 3.63) is 22.4 Å². The third kappa shape index (κ3) is 3.61. The van der Waals surface area contributed by atoms with E-state index >= 15 is 0 Å². The highest BCUT2D eigenvalue weighted by Crippen LogP contribution is 2.12. The number of thiophene rings is 1. The van der Waals surface area contributed by atoms with Gasteiger partial charge in [0.2, 0.25) is 5.91 Å². The van der Waals surface area contributed by atoms with Gasteiger partial charge >= 0.3 is 0 Å². The molecule has 1 fully saturated rings. The summed E-state index contributed by atoms with van der Waals surface area (Å²) in [6.45, 7) is 1.51. The summed E-state index contributed by atoms with van der Waals surface area (Å²) in [5.74, 6) is 0.129. The first kappa shape index (κ1) is 11.6. The number of ether oxygens (including phenoxy) is 1. The van der Waals surface area contributed by atoms with Crippen molar-refractivity contribution in [2.75, 3.05) is 13.2 Å². The Hall–Kier alpha value is -0.870. The molecule has 0 aromatic carbocycles. The summed E-state index contributed by atoms with van der Waals surface area (Å²) in [6, 6.07) is 4.09. The Balaban J connectivity index is 1.60. The summed E-state index contributed by atoms with van der Waals surface area (Å²) in [5, 5.41) is 4.97. The predicted molar refractivity (Wildman–Crippen MR) is 64.6 cm³/mol. The first-order valence-corrected chi connectivity index (χ1v) is 6.63. The van der Waals surface area contributed by atoms with Crippen LogP contribution >= 0.6 is 11.3 Å². The van der Waals surface area contributed by atoms with Crippen molar-refractivity contribution in [3.63, 3.8) is 0 Å². The highest BCUT2D eigenvalue weighted by atomic mass is 32.1. The maximum atomic E-state index is 11.5. The van der Waals surface area contributed by atoms with E-state index in [4.69, 9.17) is 4.74 Å². The molecule has 2 rings (SSSR count). The molecule has 16 heavy (non-hydrogen) atoms. The molecule has 1 aromatic heterocycles. The Labute approximate surface area is 99.8 Å². The number of aryl methyl sites for hydroxylation is 1. The van der Waals surface area contributed by atoms with E-state index < -0.39 is 0 Å². The molecule has 1 amide bonds. The second-order valence-corrected chi connectivity index (χ2v) is 5.05. The van der Waals surface area contributed by atoms with E-state index in [1.54, 1.807) is 11.3 Å². The van der Waals surface area contributed by atoms with E-state index in [0.29, 0.717) is 13.0 Å². The van der Waals surface area contributed by atoms with Gasteiger partial charge in [-0.15, -0.1) is 11.3 Å². The lowest BCUT2D eigenvalue weighted by Gasteiger charge is -2.10. The minimum Gasteiger partial charge on any atom is -0.376 e. The Morgan fingerprint density at radius 3 is 3.25 bits per heavy atom. The lowest BCUT2D eigenvalue weighted by atomic mass is 10.2. The van der Waals surface area contributed by atoms with Crippen LogP contribution in [-0.2, 0) is 16.0 Å². The van der Waals surface area contributed by atoms with Crippen molar-refractivity contribution in [1.82, 2.24) is 5.32 Å². The van der Waals surface area contributed by atoms with Crippen molar-refractivity contribution >= 4 is 17.2 Å². The summed E-state index contributed by atoms with van der Waals surface area (Å²) in [4.78, 5) is 12.8. The fourth-order valence-corrected chi connectivity index (χ4v) is 2.52. The average molecular weight is 239 g/mol. The van der Waals surface area contributed by atoms with Crippen LogP contribution in [-0.4, -0.2) is 25.2 Å². The van der Waals surface area contributed by atoms with Crippen LogP contribution in [0.15, 0.2) is 17.5 Å². The summed E-state index contributed by atoms with van der Waals surface area (Å²) in [5.41, 5.74) is 0. The Morgan fingerprint density at radius 2 is 2.56 bits per heavy atom. The molecule has 1 atom stereocenters. The van der Waals surface area contributed by atoms with Gasteiger partial charge < -0.3 is 10.1 Å². The van der Waals surface area contributed by atoms with Gasteiger partial charge in [-0.3, -0.25) is 4.79 Å². The largest absolute Gasteiger partial charge is 0.376 e. The number of hydrogen-bond donors (Lipinski definition) is 1. The van der Waals surface area contributed by atoms with Crippen molar-refractivity contribution in [2.24, 2.45) is 0 Å². The zero-order chi connectivity index (χ0) is 11.2. The van der Waals surface area contributed by atoms with Gasteiger partial charge in [-0.25, -0.2) is 0 Å². The number of amides is 1. The Bertz CT molecular complexity index is 318. The standard InChI is InChI=1S/C12H17NO2S/c14-12(6-5-11-4-2-8-16-11)13-9-10-3-1-7-15-10/h2,4,8,10H,1,3,5-7,9H2,(H,13,14)/t10-/m0/s1. The summed E-state index contributed by atoms with van der Waals surface area (Å²) >= 11 is 1.70. The third-order valence-corrected chi connectivity index (χ3v) is 3.67. The quantitative estimate of drug-likeness (QED) is 0.853. The zero-order valence-electron chi connectivity index (χ0n) is 9.28. The highest BCUT2D eigenvalue weighted by molar-refractivity contribution is 7.09. The third-order valence-electron chi connectivity index (χ3n) is 2.73. The summed E-state index contributed by atoms with van der Waals surface area (Å²) in [6.07, 6.45) is 3.86. The minimum atomic E-state index is 0.129. The molecule has 1 aliphatic heterocycles. The van der Waals surface area contributed by atoms with Gasteiger partial charge in [0.1, 0.15) is 0 Å². The maximum Gasteiger partial charge on any atom is 0.220 e. The second-order valence-electron chi connectivity index (χ2n) is 4.02. The molecule has 88 valence electrons. The predicted octanol–water partition coefficient (Wildman–Crippen LogP) is 1.98. The molecule has 0 bridgehead atoms. The Kier molecular flexibility index (Phi) is 4.36. The number of carbonyl (C=O) groups excluding carboxylic acids is 1. The van der Waals surface area contributed by atoms with Crippen molar-refractivity contribution in [3.8, 4) is 0 Å². The van der Waals surface area contributed by atoms with Crippen LogP contribution in [0.1, 0.15) is 24.1 Å². The average Bonchev–Trinajstić information content (AvgIpc) is 2.96. The van der Waals surface area contributed by atoms with E-state index in [9.17, 15) is 4.79 Å². The van der Waals surface area contributed by atoms with Crippen LogP contribution < -0.4 is 5.32 Å². The molecule has 0 radical (unpaired) electrons. The number of nitrogens with one attached hydrogen (secondary N) is 1. The molecular weight excluding hydrogens is 222 g/mol. The minimum absolute atomic E-state index is 0.129. The molecule has 0 saturated carbocycles. The lowest BCUT2D eigenvalue weighted by Crippen LogP contribution is -2.31. The molecule has 4 heteroatoms. The van der Waals surface area contributed by atoms with E-state index in [1.165, 1.54) is 4.88 Å². The van der Waals surface area contributed by atoms with Gasteiger partial charge in [-0.05, 0) is 30.7 Å². The SMILES string of the molecule is O=C(CCc1cccs1)NC[C@@H]1CCCO1. The molecule has 0 aliphatic carbocycles. The van der Waals surface area contributed by atoms with E-state index in [0.717, 1.165) is 25.9 Å². The Morgan fingerprint density at radius 1 is 1.62 bits per heavy atom. The second kappa shape index (κ2) is 6.01. The molecule has 1 aromatic rings. The molecule has 1 N–H and O–H groups in total. The van der Waals surface area contributed by atoms with Gasteiger partial charge in [-0.1, -0.05) is 6.07 Å². The first-order valence-electron chi connectivity index (χ1n) is 5.75. The maximum absolute atomic E-state index is 11.5. The van der Waals surface area contributed by atoms with E-state index in [-0.39, 0.29) is 12.0 Å². The van der Waals surface area contributed by atoms with Crippen LogP contribution in [0.5, 0.6) is 0 Å².